The van der Waals surface area contributed by atoms with Crippen molar-refractivity contribution in [3.63, 3.8) is 0 Å². The van der Waals surface area contributed by atoms with Crippen molar-refractivity contribution < 1.29 is 23.8 Å². The summed E-state index contributed by atoms with van der Waals surface area (Å²) in [6.45, 7) is 15.7. The summed E-state index contributed by atoms with van der Waals surface area (Å²) >= 11 is 0. The van der Waals surface area contributed by atoms with Gasteiger partial charge >= 0.3 is 12.2 Å². The number of benzene rings is 1. The highest BCUT2D eigenvalue weighted by molar-refractivity contribution is 5.68. The largest absolute Gasteiger partial charge is 0.497 e. The third-order valence-electron chi connectivity index (χ3n) is 5.89. The van der Waals surface area contributed by atoms with E-state index in [1.807, 2.05) is 72.7 Å². The van der Waals surface area contributed by atoms with E-state index in [1.165, 1.54) is 12.8 Å². The van der Waals surface area contributed by atoms with Crippen LogP contribution in [0.4, 0.5) is 9.59 Å². The predicted molar refractivity (Wildman–Crippen MR) is 149 cm³/mol. The van der Waals surface area contributed by atoms with Crippen molar-refractivity contribution in [2.24, 2.45) is 0 Å². The van der Waals surface area contributed by atoms with E-state index in [-0.39, 0.29) is 23.8 Å². The second-order valence-corrected chi connectivity index (χ2v) is 12.0. The van der Waals surface area contributed by atoms with E-state index in [9.17, 15) is 9.59 Å². The third-order valence-corrected chi connectivity index (χ3v) is 5.89. The second kappa shape index (κ2) is 15.7. The Morgan fingerprint density at radius 2 is 1.30 bits per heavy atom. The Morgan fingerprint density at radius 1 is 0.730 bits per heavy atom. The average Bonchev–Trinajstić information content (AvgIpc) is 2.77. The molecule has 1 aromatic carbocycles. The molecule has 0 saturated heterocycles. The average molecular weight is 522 g/mol. The van der Waals surface area contributed by atoms with E-state index < -0.39 is 11.7 Å². The van der Waals surface area contributed by atoms with Gasteiger partial charge in [0.25, 0.3) is 0 Å². The highest BCUT2D eigenvalue weighted by Gasteiger charge is 2.24. The van der Waals surface area contributed by atoms with Gasteiger partial charge in [-0.25, -0.2) is 9.59 Å². The number of methoxy groups -OCH3 is 1. The van der Waals surface area contributed by atoms with Crippen LogP contribution >= 0.6 is 0 Å². The molecular formula is C29H51N3O5. The first kappa shape index (κ1) is 32.5. The lowest BCUT2D eigenvalue weighted by Crippen LogP contribution is -2.47. The summed E-state index contributed by atoms with van der Waals surface area (Å²) in [5.74, 6) is 0.777. The van der Waals surface area contributed by atoms with Crippen molar-refractivity contribution in [3.8, 4) is 5.75 Å². The van der Waals surface area contributed by atoms with Crippen molar-refractivity contribution in [2.75, 3.05) is 20.2 Å². The smallest absolute Gasteiger partial charge is 0.408 e. The van der Waals surface area contributed by atoms with Gasteiger partial charge in [0, 0.05) is 11.1 Å². The van der Waals surface area contributed by atoms with Crippen molar-refractivity contribution in [3.05, 3.63) is 29.8 Å². The van der Waals surface area contributed by atoms with Gasteiger partial charge in [0.15, 0.2) is 0 Å². The van der Waals surface area contributed by atoms with Crippen LogP contribution in [0.5, 0.6) is 5.75 Å². The van der Waals surface area contributed by atoms with Crippen LogP contribution in [-0.4, -0.2) is 49.1 Å². The lowest BCUT2D eigenvalue weighted by atomic mass is 9.96. The first-order valence-corrected chi connectivity index (χ1v) is 13.5. The normalized spacial score (nSPS) is 12.1. The van der Waals surface area contributed by atoms with Gasteiger partial charge in [0.05, 0.1) is 7.11 Å². The van der Waals surface area contributed by atoms with Gasteiger partial charge in [0.2, 0.25) is 0 Å². The van der Waals surface area contributed by atoms with Crippen LogP contribution in [-0.2, 0) is 16.1 Å². The molecule has 0 bridgehead atoms. The zero-order chi connectivity index (χ0) is 28.0. The van der Waals surface area contributed by atoms with Crippen LogP contribution in [0.15, 0.2) is 24.3 Å². The van der Waals surface area contributed by atoms with Crippen LogP contribution in [0, 0.1) is 0 Å². The molecule has 0 heterocycles. The van der Waals surface area contributed by atoms with E-state index in [0.717, 1.165) is 56.5 Å². The molecule has 0 aliphatic rings. The third kappa shape index (κ3) is 16.8. The Hall–Kier alpha value is -2.48. The van der Waals surface area contributed by atoms with E-state index in [4.69, 9.17) is 14.2 Å². The molecule has 2 amide bonds. The molecule has 1 aromatic rings. The van der Waals surface area contributed by atoms with Crippen LogP contribution in [0.2, 0.25) is 0 Å². The Kier molecular flexibility index (Phi) is 13.8. The number of unbranched alkanes of at least 4 members (excludes halogenated alkanes) is 4. The number of ether oxygens (including phenoxy) is 3. The van der Waals surface area contributed by atoms with E-state index in [2.05, 4.69) is 16.0 Å². The maximum absolute atomic E-state index is 12.2. The van der Waals surface area contributed by atoms with Crippen LogP contribution in [0.3, 0.4) is 0 Å². The minimum Gasteiger partial charge on any atom is -0.497 e. The van der Waals surface area contributed by atoms with E-state index >= 15 is 0 Å². The zero-order valence-electron chi connectivity index (χ0n) is 24.4. The summed E-state index contributed by atoms with van der Waals surface area (Å²) in [4.78, 5) is 24.2. The molecule has 0 atom stereocenters. The molecule has 0 saturated carbocycles. The molecule has 0 fully saturated rings. The topological polar surface area (TPSA) is 97.9 Å². The summed E-state index contributed by atoms with van der Waals surface area (Å²) in [5.41, 5.74) is -0.198. The van der Waals surface area contributed by atoms with Crippen molar-refractivity contribution in [1.82, 2.24) is 16.0 Å². The number of alkyl carbamates (subject to hydrolysis) is 2. The molecule has 8 heteroatoms. The molecule has 1 rings (SSSR count). The van der Waals surface area contributed by atoms with Gasteiger partial charge in [-0.05, 0) is 98.5 Å². The minimum atomic E-state index is -0.491. The number of amides is 2. The number of nitrogens with one attached hydrogen (secondary N) is 3. The Bertz CT molecular complexity index is 801. The zero-order valence-corrected chi connectivity index (χ0v) is 24.4. The number of hydrogen-bond acceptors (Lipinski definition) is 6. The van der Waals surface area contributed by atoms with Crippen LogP contribution in [0.1, 0.15) is 99.0 Å². The maximum Gasteiger partial charge on any atom is 0.408 e. The first-order valence-electron chi connectivity index (χ1n) is 13.5. The molecule has 0 unspecified atom stereocenters. The molecule has 3 N–H and O–H groups in total. The molecular weight excluding hydrogens is 470 g/mol. The molecule has 37 heavy (non-hydrogen) atoms. The molecule has 0 radical (unpaired) electrons. The van der Waals surface area contributed by atoms with Crippen LogP contribution < -0.4 is 20.7 Å². The van der Waals surface area contributed by atoms with Gasteiger partial charge < -0.3 is 30.2 Å². The lowest BCUT2D eigenvalue weighted by Gasteiger charge is -2.28. The molecule has 0 aliphatic heterocycles. The van der Waals surface area contributed by atoms with Gasteiger partial charge in [-0.15, -0.1) is 0 Å². The number of rotatable bonds is 16. The highest BCUT2D eigenvalue weighted by atomic mass is 16.6. The molecule has 8 nitrogen and oxygen atoms in total. The van der Waals surface area contributed by atoms with Crippen molar-refractivity contribution in [2.45, 2.75) is 117 Å². The Balaban J connectivity index is 2.07. The molecule has 0 aromatic heterocycles. The SMILES string of the molecule is COc1ccc(COC(=O)NC(C)(C)CCCCCCCNCCC(C)(C)NC(=O)OC(C)(C)C)cc1. The monoisotopic (exact) mass is 521 g/mol. The van der Waals surface area contributed by atoms with E-state index in [1.54, 1.807) is 7.11 Å². The fourth-order valence-corrected chi connectivity index (χ4v) is 3.76. The summed E-state index contributed by atoms with van der Waals surface area (Å²) in [6, 6.07) is 7.48. The fraction of sp³-hybridized carbons (Fsp3) is 0.724. The number of carbonyl (C=O) groups is 2. The number of carbonyl (C=O) groups excluding carboxylic acids is 2. The number of hydrogen-bond donors (Lipinski definition) is 3. The van der Waals surface area contributed by atoms with E-state index in [0.29, 0.717) is 0 Å². The summed E-state index contributed by atoms with van der Waals surface area (Å²) < 4.78 is 15.8. The quantitative estimate of drug-likeness (QED) is 0.220. The van der Waals surface area contributed by atoms with Gasteiger partial charge in [-0.2, -0.15) is 0 Å². The minimum absolute atomic E-state index is 0.234. The highest BCUT2D eigenvalue weighted by Crippen LogP contribution is 2.17. The first-order chi connectivity index (χ1) is 17.2. The Labute approximate surface area is 224 Å². The standard InChI is InChI=1S/C29H51N3O5/c1-27(2,3)37-26(34)32-29(6,7)19-21-30-20-13-11-9-10-12-18-28(4,5)31-25(33)36-22-23-14-16-24(35-8)17-15-23/h14-17,30H,9-13,18-22H2,1-8H3,(H,31,33)(H,32,34). The summed E-state index contributed by atoms with van der Waals surface area (Å²) in [7, 11) is 1.62. The molecule has 212 valence electrons. The lowest BCUT2D eigenvalue weighted by molar-refractivity contribution is 0.0468. The Morgan fingerprint density at radius 3 is 1.92 bits per heavy atom. The molecule has 0 spiro atoms. The van der Waals surface area contributed by atoms with Gasteiger partial charge in [-0.1, -0.05) is 37.8 Å². The predicted octanol–water partition coefficient (Wildman–Crippen LogP) is 6.32. The van der Waals surface area contributed by atoms with Gasteiger partial charge in [-0.3, -0.25) is 0 Å². The second-order valence-electron chi connectivity index (χ2n) is 12.0. The van der Waals surface area contributed by atoms with Crippen molar-refractivity contribution in [1.29, 1.82) is 0 Å². The van der Waals surface area contributed by atoms with Gasteiger partial charge in [0.1, 0.15) is 18.0 Å². The molecule has 0 aliphatic carbocycles. The maximum atomic E-state index is 12.2. The summed E-state index contributed by atoms with van der Waals surface area (Å²) in [6.07, 6.45) is 6.63. The fourth-order valence-electron chi connectivity index (χ4n) is 3.76. The van der Waals surface area contributed by atoms with Crippen molar-refractivity contribution >= 4 is 12.2 Å². The van der Waals surface area contributed by atoms with Crippen LogP contribution in [0.25, 0.3) is 0 Å². The summed E-state index contributed by atoms with van der Waals surface area (Å²) in [5, 5.41) is 9.39.